The van der Waals surface area contributed by atoms with Gasteiger partial charge >= 0.3 is 0 Å². The SMILES string of the molecule is CCNc1ccc(N2CCN(c3ncccn3)CC2)nc1. The highest BCUT2D eigenvalue weighted by molar-refractivity contribution is 5.49. The summed E-state index contributed by atoms with van der Waals surface area (Å²) in [4.78, 5) is 17.7. The fourth-order valence-corrected chi connectivity index (χ4v) is 2.47. The Balaban J connectivity index is 1.60. The van der Waals surface area contributed by atoms with Crippen molar-refractivity contribution in [3.05, 3.63) is 36.8 Å². The minimum Gasteiger partial charge on any atom is -0.384 e. The summed E-state index contributed by atoms with van der Waals surface area (Å²) in [7, 11) is 0. The van der Waals surface area contributed by atoms with Gasteiger partial charge in [0.15, 0.2) is 0 Å². The minimum atomic E-state index is 0.813. The second kappa shape index (κ2) is 6.39. The predicted octanol–water partition coefficient (Wildman–Crippen LogP) is 1.63. The van der Waals surface area contributed by atoms with Crippen LogP contribution in [0.15, 0.2) is 36.8 Å². The summed E-state index contributed by atoms with van der Waals surface area (Å²) in [6.45, 7) is 6.70. The van der Waals surface area contributed by atoms with Gasteiger partial charge in [0, 0.05) is 45.1 Å². The maximum absolute atomic E-state index is 4.53. The molecule has 3 rings (SSSR count). The molecule has 0 amide bonds. The zero-order valence-corrected chi connectivity index (χ0v) is 12.2. The van der Waals surface area contributed by atoms with Gasteiger partial charge in [0.2, 0.25) is 5.95 Å². The van der Waals surface area contributed by atoms with E-state index in [2.05, 4.69) is 49.1 Å². The first kappa shape index (κ1) is 13.6. The molecule has 1 saturated heterocycles. The summed E-state index contributed by atoms with van der Waals surface area (Å²) < 4.78 is 0. The fourth-order valence-electron chi connectivity index (χ4n) is 2.47. The normalized spacial score (nSPS) is 15.1. The molecule has 1 aliphatic heterocycles. The van der Waals surface area contributed by atoms with E-state index in [9.17, 15) is 0 Å². The van der Waals surface area contributed by atoms with E-state index in [1.807, 2.05) is 12.3 Å². The second-order valence-electron chi connectivity index (χ2n) is 4.96. The molecule has 0 spiro atoms. The first-order valence-corrected chi connectivity index (χ1v) is 7.33. The first-order chi connectivity index (χ1) is 10.4. The highest BCUT2D eigenvalue weighted by atomic mass is 15.3. The Morgan fingerprint density at radius 1 is 1.00 bits per heavy atom. The Hall–Kier alpha value is -2.37. The third-order valence-corrected chi connectivity index (χ3v) is 3.57. The summed E-state index contributed by atoms with van der Waals surface area (Å²) in [6.07, 6.45) is 5.47. The summed E-state index contributed by atoms with van der Waals surface area (Å²) in [5.41, 5.74) is 1.07. The number of piperazine rings is 1. The molecule has 2 aromatic heterocycles. The summed E-state index contributed by atoms with van der Waals surface area (Å²) >= 11 is 0. The standard InChI is InChI=1S/C15H20N6/c1-2-16-13-4-5-14(19-12-13)20-8-10-21(11-9-20)15-17-6-3-7-18-15/h3-7,12,16H,2,8-11H2,1H3. The van der Waals surface area contributed by atoms with Crippen molar-refractivity contribution in [2.24, 2.45) is 0 Å². The molecule has 6 heteroatoms. The zero-order chi connectivity index (χ0) is 14.5. The van der Waals surface area contributed by atoms with Gasteiger partial charge in [-0.1, -0.05) is 0 Å². The van der Waals surface area contributed by atoms with Crippen molar-refractivity contribution in [1.82, 2.24) is 15.0 Å². The van der Waals surface area contributed by atoms with Crippen LogP contribution in [-0.2, 0) is 0 Å². The number of nitrogens with one attached hydrogen (secondary N) is 1. The van der Waals surface area contributed by atoms with Crippen LogP contribution < -0.4 is 15.1 Å². The maximum Gasteiger partial charge on any atom is 0.225 e. The van der Waals surface area contributed by atoms with Crippen LogP contribution in [0.1, 0.15) is 6.92 Å². The van der Waals surface area contributed by atoms with E-state index in [4.69, 9.17) is 0 Å². The lowest BCUT2D eigenvalue weighted by atomic mass is 10.3. The van der Waals surface area contributed by atoms with Crippen LogP contribution >= 0.6 is 0 Å². The van der Waals surface area contributed by atoms with Gasteiger partial charge in [-0.2, -0.15) is 0 Å². The molecule has 2 aromatic rings. The molecule has 0 saturated carbocycles. The first-order valence-electron chi connectivity index (χ1n) is 7.33. The smallest absolute Gasteiger partial charge is 0.225 e. The number of hydrogen-bond acceptors (Lipinski definition) is 6. The lowest BCUT2D eigenvalue weighted by Gasteiger charge is -2.35. The molecule has 0 aliphatic carbocycles. The van der Waals surface area contributed by atoms with Gasteiger partial charge in [-0.05, 0) is 25.1 Å². The topological polar surface area (TPSA) is 57.2 Å². The molecular formula is C15H20N6. The van der Waals surface area contributed by atoms with Crippen LogP contribution in [0.4, 0.5) is 17.5 Å². The van der Waals surface area contributed by atoms with Crippen LogP contribution in [0.25, 0.3) is 0 Å². The monoisotopic (exact) mass is 284 g/mol. The summed E-state index contributed by atoms with van der Waals surface area (Å²) in [6, 6.07) is 6.00. The van der Waals surface area contributed by atoms with E-state index < -0.39 is 0 Å². The summed E-state index contributed by atoms with van der Waals surface area (Å²) in [5.74, 6) is 1.85. The average Bonchev–Trinajstić information content (AvgIpc) is 2.57. The van der Waals surface area contributed by atoms with E-state index >= 15 is 0 Å². The van der Waals surface area contributed by atoms with Crippen LogP contribution in [0, 0.1) is 0 Å². The highest BCUT2D eigenvalue weighted by Gasteiger charge is 2.19. The Kier molecular flexibility index (Phi) is 4.14. The van der Waals surface area contributed by atoms with Crippen molar-refractivity contribution in [2.45, 2.75) is 6.92 Å². The minimum absolute atomic E-state index is 0.813. The van der Waals surface area contributed by atoms with E-state index in [1.165, 1.54) is 0 Å². The molecule has 0 aromatic carbocycles. The van der Waals surface area contributed by atoms with Gasteiger partial charge in [-0.25, -0.2) is 15.0 Å². The van der Waals surface area contributed by atoms with Gasteiger partial charge in [0.1, 0.15) is 5.82 Å². The molecule has 0 radical (unpaired) electrons. The van der Waals surface area contributed by atoms with E-state index in [1.54, 1.807) is 12.4 Å². The zero-order valence-electron chi connectivity index (χ0n) is 12.2. The van der Waals surface area contributed by atoms with Crippen LogP contribution in [0.2, 0.25) is 0 Å². The predicted molar refractivity (Wildman–Crippen MR) is 84.9 cm³/mol. The number of pyridine rings is 1. The molecule has 110 valence electrons. The van der Waals surface area contributed by atoms with Crippen LogP contribution in [0.5, 0.6) is 0 Å². The van der Waals surface area contributed by atoms with Crippen LogP contribution in [-0.4, -0.2) is 47.7 Å². The Labute approximate surface area is 124 Å². The molecule has 1 fully saturated rings. The van der Waals surface area contributed by atoms with E-state index in [-0.39, 0.29) is 0 Å². The largest absolute Gasteiger partial charge is 0.384 e. The molecule has 3 heterocycles. The Bertz CT molecular complexity index is 548. The van der Waals surface area contributed by atoms with Gasteiger partial charge in [0.05, 0.1) is 11.9 Å². The van der Waals surface area contributed by atoms with Crippen molar-refractivity contribution in [3.8, 4) is 0 Å². The van der Waals surface area contributed by atoms with Crippen molar-refractivity contribution in [2.75, 3.05) is 47.8 Å². The molecule has 1 N–H and O–H groups in total. The molecular weight excluding hydrogens is 264 g/mol. The quantitative estimate of drug-likeness (QED) is 0.921. The van der Waals surface area contributed by atoms with Crippen molar-refractivity contribution >= 4 is 17.5 Å². The molecule has 0 unspecified atom stereocenters. The van der Waals surface area contributed by atoms with Gasteiger partial charge < -0.3 is 15.1 Å². The summed E-state index contributed by atoms with van der Waals surface area (Å²) in [5, 5.41) is 3.26. The second-order valence-corrected chi connectivity index (χ2v) is 4.96. The lowest BCUT2D eigenvalue weighted by Crippen LogP contribution is -2.47. The van der Waals surface area contributed by atoms with Gasteiger partial charge in [-0.3, -0.25) is 0 Å². The highest BCUT2D eigenvalue weighted by Crippen LogP contribution is 2.17. The van der Waals surface area contributed by atoms with Gasteiger partial charge in [-0.15, -0.1) is 0 Å². The Morgan fingerprint density at radius 3 is 2.33 bits per heavy atom. The third-order valence-electron chi connectivity index (χ3n) is 3.57. The van der Waals surface area contributed by atoms with Gasteiger partial charge in [0.25, 0.3) is 0 Å². The maximum atomic E-state index is 4.53. The molecule has 21 heavy (non-hydrogen) atoms. The van der Waals surface area contributed by atoms with Crippen LogP contribution in [0.3, 0.4) is 0 Å². The molecule has 0 bridgehead atoms. The Morgan fingerprint density at radius 2 is 1.71 bits per heavy atom. The lowest BCUT2D eigenvalue weighted by molar-refractivity contribution is 0.634. The molecule has 0 atom stereocenters. The number of aromatic nitrogens is 3. The average molecular weight is 284 g/mol. The van der Waals surface area contributed by atoms with E-state index in [0.29, 0.717) is 0 Å². The fraction of sp³-hybridized carbons (Fsp3) is 0.400. The molecule has 1 aliphatic rings. The third kappa shape index (κ3) is 3.21. The van der Waals surface area contributed by atoms with E-state index in [0.717, 1.165) is 50.2 Å². The number of rotatable bonds is 4. The van der Waals surface area contributed by atoms with Crippen molar-refractivity contribution < 1.29 is 0 Å². The van der Waals surface area contributed by atoms with Crippen molar-refractivity contribution in [1.29, 1.82) is 0 Å². The molecule has 6 nitrogen and oxygen atoms in total. The number of hydrogen-bond donors (Lipinski definition) is 1. The number of nitrogens with zero attached hydrogens (tertiary/aromatic N) is 5. The van der Waals surface area contributed by atoms with Crippen molar-refractivity contribution in [3.63, 3.8) is 0 Å². The number of anilines is 3.